The van der Waals surface area contributed by atoms with Gasteiger partial charge in [0, 0.05) is 22.9 Å². The molecule has 33 heavy (non-hydrogen) atoms. The van der Waals surface area contributed by atoms with Gasteiger partial charge in [0.25, 0.3) is 5.56 Å². The number of benzene rings is 2. The van der Waals surface area contributed by atoms with Crippen LogP contribution in [0.1, 0.15) is 11.5 Å². The third-order valence-corrected chi connectivity index (χ3v) is 5.82. The van der Waals surface area contributed by atoms with E-state index in [4.69, 9.17) is 18.6 Å². The van der Waals surface area contributed by atoms with Crippen LogP contribution in [0.4, 0.5) is 0 Å². The largest absolute Gasteiger partial charge is 0.493 e. The molecule has 2 aromatic carbocycles. The van der Waals surface area contributed by atoms with Crippen molar-refractivity contribution in [3.05, 3.63) is 70.3 Å². The molecular weight excluding hydrogens is 442 g/mol. The Morgan fingerprint density at radius 2 is 1.64 bits per heavy atom. The quantitative estimate of drug-likeness (QED) is 0.295. The molecule has 9 heteroatoms. The van der Waals surface area contributed by atoms with E-state index in [2.05, 4.69) is 15.0 Å². The van der Waals surface area contributed by atoms with Crippen molar-refractivity contribution in [3.8, 4) is 40.0 Å². The van der Waals surface area contributed by atoms with Crippen LogP contribution in [0, 0.1) is 6.92 Å². The molecule has 0 atom stereocenters. The van der Waals surface area contributed by atoms with Crippen molar-refractivity contribution in [1.29, 1.82) is 0 Å². The van der Waals surface area contributed by atoms with E-state index in [1.165, 1.54) is 17.8 Å². The molecule has 0 aliphatic carbocycles. The fourth-order valence-electron chi connectivity index (χ4n) is 3.29. The van der Waals surface area contributed by atoms with Gasteiger partial charge in [-0.25, -0.2) is 9.97 Å². The molecule has 0 saturated heterocycles. The van der Waals surface area contributed by atoms with E-state index in [1.807, 2.05) is 37.3 Å². The summed E-state index contributed by atoms with van der Waals surface area (Å²) in [6.07, 6.45) is 0. The summed E-state index contributed by atoms with van der Waals surface area (Å²) in [5.74, 6) is 3.10. The predicted molar refractivity (Wildman–Crippen MR) is 126 cm³/mol. The lowest BCUT2D eigenvalue weighted by molar-refractivity contribution is 0.324. The highest BCUT2D eigenvalue weighted by molar-refractivity contribution is 7.98. The van der Waals surface area contributed by atoms with Crippen LogP contribution < -0.4 is 19.8 Å². The summed E-state index contributed by atoms with van der Waals surface area (Å²) in [6, 6.07) is 14.6. The molecule has 0 amide bonds. The Balaban J connectivity index is 1.58. The molecular formula is C24H23N3O5S. The fraction of sp³-hybridized carbons (Fsp3) is 0.208. The van der Waals surface area contributed by atoms with Gasteiger partial charge in [-0.2, -0.15) is 0 Å². The second kappa shape index (κ2) is 9.83. The van der Waals surface area contributed by atoms with E-state index in [-0.39, 0.29) is 5.56 Å². The summed E-state index contributed by atoms with van der Waals surface area (Å²) in [6.45, 7) is 1.85. The maximum absolute atomic E-state index is 12.1. The Morgan fingerprint density at radius 1 is 0.939 bits per heavy atom. The van der Waals surface area contributed by atoms with Crippen LogP contribution in [0.2, 0.25) is 0 Å². The molecule has 2 heterocycles. The minimum absolute atomic E-state index is 0.207. The van der Waals surface area contributed by atoms with E-state index < -0.39 is 0 Å². The first-order valence-corrected chi connectivity index (χ1v) is 11.1. The zero-order chi connectivity index (χ0) is 23.4. The normalized spacial score (nSPS) is 10.8. The number of nitrogens with zero attached hydrogens (tertiary/aromatic N) is 2. The van der Waals surface area contributed by atoms with E-state index in [0.717, 1.165) is 11.3 Å². The number of aryl methyl sites for hydroxylation is 1. The standard InChI is InChI=1S/C24H23N3O5S/c1-14-18(13-33-24-26-17(12-21(28)27-24)15-8-6-5-7-9-15)25-23(32-14)16-10-19(29-2)22(31-4)20(11-16)30-3/h5-12H,13H2,1-4H3,(H,26,27,28). The number of aromatic amines is 1. The van der Waals surface area contributed by atoms with Gasteiger partial charge in [-0.3, -0.25) is 4.79 Å². The maximum atomic E-state index is 12.1. The van der Waals surface area contributed by atoms with Crippen LogP contribution in [-0.4, -0.2) is 36.3 Å². The molecule has 4 aromatic rings. The molecule has 0 aliphatic rings. The van der Waals surface area contributed by atoms with Crippen LogP contribution in [0.3, 0.4) is 0 Å². The number of methoxy groups -OCH3 is 3. The highest BCUT2D eigenvalue weighted by Gasteiger charge is 2.18. The van der Waals surface area contributed by atoms with Crippen molar-refractivity contribution in [2.75, 3.05) is 21.3 Å². The number of rotatable bonds is 8. The molecule has 1 N–H and O–H groups in total. The first kappa shape index (κ1) is 22.5. The molecule has 170 valence electrons. The van der Waals surface area contributed by atoms with Crippen LogP contribution in [0.5, 0.6) is 17.2 Å². The Hall–Kier alpha value is -3.72. The van der Waals surface area contributed by atoms with E-state index >= 15 is 0 Å². The van der Waals surface area contributed by atoms with Gasteiger partial charge in [0.2, 0.25) is 11.6 Å². The van der Waals surface area contributed by atoms with Gasteiger partial charge in [0.15, 0.2) is 16.7 Å². The zero-order valence-electron chi connectivity index (χ0n) is 18.7. The summed E-state index contributed by atoms with van der Waals surface area (Å²) >= 11 is 1.38. The molecule has 0 aliphatic heterocycles. The molecule has 0 bridgehead atoms. The van der Waals surface area contributed by atoms with Crippen LogP contribution in [0.15, 0.2) is 62.9 Å². The van der Waals surface area contributed by atoms with Crippen LogP contribution >= 0.6 is 11.8 Å². The topological polar surface area (TPSA) is 99.5 Å². The number of aromatic nitrogens is 3. The highest BCUT2D eigenvalue weighted by atomic mass is 32.2. The van der Waals surface area contributed by atoms with Crippen molar-refractivity contribution in [3.63, 3.8) is 0 Å². The number of hydrogen-bond acceptors (Lipinski definition) is 8. The molecule has 0 spiro atoms. The molecule has 0 fully saturated rings. The van der Waals surface area contributed by atoms with Gasteiger partial charge in [0.1, 0.15) is 5.76 Å². The predicted octanol–water partition coefficient (Wildman–Crippen LogP) is 4.72. The minimum Gasteiger partial charge on any atom is -0.493 e. The molecule has 0 radical (unpaired) electrons. The summed E-state index contributed by atoms with van der Waals surface area (Å²) in [7, 11) is 4.67. The monoisotopic (exact) mass is 465 g/mol. The summed E-state index contributed by atoms with van der Waals surface area (Å²) < 4.78 is 22.1. The lowest BCUT2D eigenvalue weighted by Crippen LogP contribution is -2.08. The highest BCUT2D eigenvalue weighted by Crippen LogP contribution is 2.41. The first-order chi connectivity index (χ1) is 16.0. The summed E-state index contributed by atoms with van der Waals surface area (Å²) in [5.41, 5.74) is 2.74. The molecule has 0 saturated carbocycles. The Labute approximate surface area is 195 Å². The van der Waals surface area contributed by atoms with Crippen molar-refractivity contribution >= 4 is 11.8 Å². The van der Waals surface area contributed by atoms with E-state index in [9.17, 15) is 4.79 Å². The van der Waals surface area contributed by atoms with Gasteiger partial charge in [0.05, 0.1) is 32.7 Å². The van der Waals surface area contributed by atoms with Crippen molar-refractivity contribution in [1.82, 2.24) is 15.0 Å². The lowest BCUT2D eigenvalue weighted by atomic mass is 10.1. The van der Waals surface area contributed by atoms with Gasteiger partial charge < -0.3 is 23.6 Å². The smallest absolute Gasteiger partial charge is 0.252 e. The molecule has 8 nitrogen and oxygen atoms in total. The van der Waals surface area contributed by atoms with Crippen LogP contribution in [0.25, 0.3) is 22.7 Å². The fourth-order valence-corrected chi connectivity index (χ4v) is 4.16. The zero-order valence-corrected chi connectivity index (χ0v) is 19.5. The molecule has 0 unspecified atom stereocenters. The second-order valence-corrected chi connectivity index (χ2v) is 7.99. The first-order valence-electron chi connectivity index (χ1n) is 10.1. The summed E-state index contributed by atoms with van der Waals surface area (Å²) in [4.78, 5) is 24.2. The van der Waals surface area contributed by atoms with Crippen LogP contribution in [-0.2, 0) is 5.75 Å². The molecule has 2 aromatic heterocycles. The van der Waals surface area contributed by atoms with Gasteiger partial charge in [-0.1, -0.05) is 42.1 Å². The van der Waals surface area contributed by atoms with Crippen molar-refractivity contribution in [2.45, 2.75) is 17.8 Å². The average molecular weight is 466 g/mol. The number of nitrogens with one attached hydrogen (secondary N) is 1. The number of hydrogen-bond donors (Lipinski definition) is 1. The third kappa shape index (κ3) is 4.88. The molecule has 4 rings (SSSR count). The average Bonchev–Trinajstić information content (AvgIpc) is 3.22. The Morgan fingerprint density at radius 3 is 2.27 bits per heavy atom. The number of thioether (sulfide) groups is 1. The van der Waals surface area contributed by atoms with E-state index in [0.29, 0.717) is 51.1 Å². The minimum atomic E-state index is -0.207. The number of H-pyrrole nitrogens is 1. The number of ether oxygens (including phenoxy) is 3. The Kier molecular flexibility index (Phi) is 6.69. The Bertz CT molecular complexity index is 1290. The SMILES string of the molecule is COc1cc(-c2nc(CSc3nc(-c4ccccc4)cc(=O)[nH]3)c(C)o2)cc(OC)c1OC. The van der Waals surface area contributed by atoms with Gasteiger partial charge in [-0.05, 0) is 19.1 Å². The van der Waals surface area contributed by atoms with E-state index in [1.54, 1.807) is 33.5 Å². The third-order valence-electron chi connectivity index (χ3n) is 4.94. The second-order valence-electron chi connectivity index (χ2n) is 7.03. The van der Waals surface area contributed by atoms with Crippen molar-refractivity contribution < 1.29 is 18.6 Å². The van der Waals surface area contributed by atoms with Gasteiger partial charge in [-0.15, -0.1) is 0 Å². The van der Waals surface area contributed by atoms with Gasteiger partial charge >= 0.3 is 0 Å². The summed E-state index contributed by atoms with van der Waals surface area (Å²) in [5, 5.41) is 0.512. The lowest BCUT2D eigenvalue weighted by Gasteiger charge is -2.12. The maximum Gasteiger partial charge on any atom is 0.252 e. The van der Waals surface area contributed by atoms with Crippen molar-refractivity contribution in [2.24, 2.45) is 0 Å². The number of oxazole rings is 1.